The standard InChI is InChI=1S/C12H15N3O3S/c1-14-7-9(6-13-14)2-3-11(16)15-4-5-19-8-10(15)12(17)18/h2-3,6-7,10H,4-5,8H2,1H3,(H,17,18)/b3-2+. The number of carboxylic acids is 1. The summed E-state index contributed by atoms with van der Waals surface area (Å²) in [7, 11) is 1.79. The van der Waals surface area contributed by atoms with Gasteiger partial charge in [-0.05, 0) is 6.08 Å². The quantitative estimate of drug-likeness (QED) is 0.815. The molecule has 0 aliphatic carbocycles. The summed E-state index contributed by atoms with van der Waals surface area (Å²) in [5.41, 5.74) is 0.814. The Bertz CT molecular complexity index is 512. The van der Waals surface area contributed by atoms with Crippen LogP contribution in [0.15, 0.2) is 18.5 Å². The predicted molar refractivity (Wildman–Crippen MR) is 72.7 cm³/mol. The number of carbonyl (C=O) groups is 2. The van der Waals surface area contributed by atoms with E-state index >= 15 is 0 Å². The lowest BCUT2D eigenvalue weighted by Crippen LogP contribution is -2.49. The van der Waals surface area contributed by atoms with Crippen molar-refractivity contribution in [2.24, 2.45) is 7.05 Å². The zero-order chi connectivity index (χ0) is 13.8. The molecule has 1 aliphatic rings. The highest BCUT2D eigenvalue weighted by Gasteiger charge is 2.31. The fraction of sp³-hybridized carbons (Fsp3) is 0.417. The summed E-state index contributed by atoms with van der Waals surface area (Å²) < 4.78 is 1.64. The molecule has 1 unspecified atom stereocenters. The van der Waals surface area contributed by atoms with E-state index in [4.69, 9.17) is 5.11 Å². The molecule has 0 saturated carbocycles. The van der Waals surface area contributed by atoms with Crippen molar-refractivity contribution in [3.63, 3.8) is 0 Å². The Morgan fingerprint density at radius 3 is 3.00 bits per heavy atom. The first kappa shape index (κ1) is 13.7. The first-order valence-electron chi connectivity index (χ1n) is 5.86. The lowest BCUT2D eigenvalue weighted by molar-refractivity contribution is -0.147. The second kappa shape index (κ2) is 5.92. The molecule has 7 heteroatoms. The van der Waals surface area contributed by atoms with Crippen LogP contribution in [-0.4, -0.2) is 55.8 Å². The molecular weight excluding hydrogens is 266 g/mol. The Labute approximate surface area is 115 Å². The van der Waals surface area contributed by atoms with Crippen molar-refractivity contribution in [1.29, 1.82) is 0 Å². The summed E-state index contributed by atoms with van der Waals surface area (Å²) in [6.07, 6.45) is 6.48. The topological polar surface area (TPSA) is 75.4 Å². The van der Waals surface area contributed by atoms with Crippen molar-refractivity contribution in [1.82, 2.24) is 14.7 Å². The van der Waals surface area contributed by atoms with Gasteiger partial charge in [-0.25, -0.2) is 4.79 Å². The van der Waals surface area contributed by atoms with Gasteiger partial charge in [0, 0.05) is 42.9 Å². The van der Waals surface area contributed by atoms with E-state index in [9.17, 15) is 9.59 Å². The highest BCUT2D eigenvalue weighted by atomic mass is 32.2. The molecule has 19 heavy (non-hydrogen) atoms. The van der Waals surface area contributed by atoms with Gasteiger partial charge >= 0.3 is 5.97 Å². The average molecular weight is 281 g/mol. The number of thioether (sulfide) groups is 1. The highest BCUT2D eigenvalue weighted by Crippen LogP contribution is 2.17. The fourth-order valence-electron chi connectivity index (χ4n) is 1.86. The number of aliphatic carboxylic acids is 1. The number of amides is 1. The molecule has 1 atom stereocenters. The summed E-state index contributed by atoms with van der Waals surface area (Å²) >= 11 is 1.56. The molecule has 1 saturated heterocycles. The van der Waals surface area contributed by atoms with Gasteiger partial charge in [-0.15, -0.1) is 0 Å². The molecule has 1 aromatic heterocycles. The lowest BCUT2D eigenvalue weighted by Gasteiger charge is -2.31. The third kappa shape index (κ3) is 3.37. The minimum absolute atomic E-state index is 0.267. The summed E-state index contributed by atoms with van der Waals surface area (Å²) in [5.74, 6) is 0.00444. The second-order valence-corrected chi connectivity index (χ2v) is 5.39. The zero-order valence-electron chi connectivity index (χ0n) is 10.5. The molecule has 1 N–H and O–H groups in total. The number of nitrogens with zero attached hydrogens (tertiary/aromatic N) is 3. The maximum atomic E-state index is 12.0. The number of rotatable bonds is 3. The Morgan fingerprint density at radius 2 is 2.37 bits per heavy atom. The lowest BCUT2D eigenvalue weighted by atomic mass is 10.2. The third-order valence-electron chi connectivity index (χ3n) is 2.84. The van der Waals surface area contributed by atoms with Crippen LogP contribution in [0.1, 0.15) is 5.56 Å². The van der Waals surface area contributed by atoms with E-state index in [0.717, 1.165) is 11.3 Å². The summed E-state index contributed by atoms with van der Waals surface area (Å²) in [6.45, 7) is 0.470. The first-order chi connectivity index (χ1) is 9.08. The van der Waals surface area contributed by atoms with E-state index in [1.807, 2.05) is 0 Å². The molecular formula is C12H15N3O3S. The molecule has 1 aliphatic heterocycles. The van der Waals surface area contributed by atoms with Crippen LogP contribution in [0.3, 0.4) is 0 Å². The molecule has 2 heterocycles. The SMILES string of the molecule is Cn1cc(/C=C/C(=O)N2CCSCC2C(=O)O)cn1. The van der Waals surface area contributed by atoms with Crippen LogP contribution in [0, 0.1) is 0 Å². The number of aromatic nitrogens is 2. The molecule has 0 bridgehead atoms. The number of aryl methyl sites for hydroxylation is 1. The van der Waals surface area contributed by atoms with Crippen molar-refractivity contribution in [3.05, 3.63) is 24.0 Å². The van der Waals surface area contributed by atoms with Crippen molar-refractivity contribution in [2.75, 3.05) is 18.1 Å². The molecule has 6 nitrogen and oxygen atoms in total. The molecule has 0 radical (unpaired) electrons. The van der Waals surface area contributed by atoms with Gasteiger partial charge in [-0.3, -0.25) is 9.48 Å². The van der Waals surface area contributed by atoms with Gasteiger partial charge in [0.15, 0.2) is 0 Å². The van der Waals surface area contributed by atoms with Crippen LogP contribution in [-0.2, 0) is 16.6 Å². The third-order valence-corrected chi connectivity index (χ3v) is 3.86. The maximum Gasteiger partial charge on any atom is 0.327 e. The normalized spacial score (nSPS) is 19.8. The summed E-state index contributed by atoms with van der Waals surface area (Å²) in [6, 6.07) is -0.732. The summed E-state index contributed by atoms with van der Waals surface area (Å²) in [5, 5.41) is 13.1. The van der Waals surface area contributed by atoms with Crippen molar-refractivity contribution < 1.29 is 14.7 Å². The monoisotopic (exact) mass is 281 g/mol. The number of hydrogen-bond acceptors (Lipinski definition) is 4. The van der Waals surface area contributed by atoms with E-state index in [-0.39, 0.29) is 5.91 Å². The van der Waals surface area contributed by atoms with Crippen LogP contribution in [0.2, 0.25) is 0 Å². The van der Waals surface area contributed by atoms with Gasteiger partial charge in [0.1, 0.15) is 6.04 Å². The minimum Gasteiger partial charge on any atom is -0.480 e. The average Bonchev–Trinajstić information content (AvgIpc) is 2.81. The Morgan fingerprint density at radius 1 is 1.58 bits per heavy atom. The smallest absolute Gasteiger partial charge is 0.327 e. The highest BCUT2D eigenvalue weighted by molar-refractivity contribution is 7.99. The summed E-state index contributed by atoms with van der Waals surface area (Å²) in [4.78, 5) is 24.5. The predicted octanol–water partition coefficient (Wildman–Crippen LogP) is 0.462. The Balaban J connectivity index is 2.05. The Hall–Kier alpha value is -1.76. The van der Waals surface area contributed by atoms with Gasteiger partial charge in [0.2, 0.25) is 5.91 Å². The minimum atomic E-state index is -0.949. The largest absolute Gasteiger partial charge is 0.480 e. The molecule has 1 aromatic rings. The van der Waals surface area contributed by atoms with Crippen LogP contribution < -0.4 is 0 Å². The molecule has 102 valence electrons. The van der Waals surface area contributed by atoms with E-state index in [2.05, 4.69) is 5.10 Å². The van der Waals surface area contributed by atoms with Crippen molar-refractivity contribution in [2.45, 2.75) is 6.04 Å². The number of carbonyl (C=O) groups excluding carboxylic acids is 1. The molecule has 1 amide bonds. The van der Waals surface area contributed by atoms with Crippen LogP contribution in [0.5, 0.6) is 0 Å². The molecule has 0 aromatic carbocycles. The van der Waals surface area contributed by atoms with Gasteiger partial charge in [-0.1, -0.05) is 0 Å². The van der Waals surface area contributed by atoms with Gasteiger partial charge in [0.25, 0.3) is 0 Å². The van der Waals surface area contributed by atoms with E-state index < -0.39 is 12.0 Å². The Kier molecular flexibility index (Phi) is 4.26. The van der Waals surface area contributed by atoms with Crippen molar-refractivity contribution >= 4 is 29.7 Å². The molecule has 2 rings (SSSR count). The van der Waals surface area contributed by atoms with E-state index in [1.165, 1.54) is 11.0 Å². The number of hydrogen-bond donors (Lipinski definition) is 1. The number of carboxylic acid groups (broad SMARTS) is 1. The first-order valence-corrected chi connectivity index (χ1v) is 7.01. The van der Waals surface area contributed by atoms with Crippen LogP contribution in [0.25, 0.3) is 6.08 Å². The fourth-order valence-corrected chi connectivity index (χ4v) is 2.90. The van der Waals surface area contributed by atoms with Gasteiger partial charge < -0.3 is 10.0 Å². The second-order valence-electron chi connectivity index (χ2n) is 4.24. The molecule has 1 fully saturated rings. The van der Waals surface area contributed by atoms with Gasteiger partial charge in [0.05, 0.1) is 6.20 Å². The van der Waals surface area contributed by atoms with E-state index in [0.29, 0.717) is 12.3 Å². The van der Waals surface area contributed by atoms with Crippen LogP contribution in [0.4, 0.5) is 0 Å². The van der Waals surface area contributed by atoms with E-state index in [1.54, 1.807) is 42.0 Å². The molecule has 0 spiro atoms. The van der Waals surface area contributed by atoms with Gasteiger partial charge in [-0.2, -0.15) is 16.9 Å². The van der Waals surface area contributed by atoms with Crippen molar-refractivity contribution in [3.8, 4) is 0 Å². The van der Waals surface area contributed by atoms with Crippen LogP contribution >= 0.6 is 11.8 Å². The maximum absolute atomic E-state index is 12.0. The zero-order valence-corrected chi connectivity index (χ0v) is 11.3.